The van der Waals surface area contributed by atoms with E-state index in [2.05, 4.69) is 22.3 Å². The second kappa shape index (κ2) is 5.47. The molecule has 1 aliphatic heterocycles. The Hall–Kier alpha value is -0.850. The zero-order valence-electron chi connectivity index (χ0n) is 9.27. The molecule has 6 heteroatoms. The van der Waals surface area contributed by atoms with Crippen molar-refractivity contribution in [2.45, 2.75) is 30.0 Å². The van der Waals surface area contributed by atoms with Crippen molar-refractivity contribution in [3.63, 3.8) is 0 Å². The fourth-order valence-electron chi connectivity index (χ4n) is 1.40. The Morgan fingerprint density at radius 2 is 2.38 bits per heavy atom. The molecule has 1 aliphatic rings. The molecule has 0 aromatic carbocycles. The van der Waals surface area contributed by atoms with Crippen LogP contribution < -0.4 is 11.3 Å². The molecule has 0 radical (unpaired) electrons. The van der Waals surface area contributed by atoms with Crippen molar-refractivity contribution < 1.29 is 4.74 Å². The van der Waals surface area contributed by atoms with Gasteiger partial charge in [-0.2, -0.15) is 0 Å². The van der Waals surface area contributed by atoms with Gasteiger partial charge in [0.25, 0.3) is 0 Å². The first-order valence-electron chi connectivity index (χ1n) is 5.40. The van der Waals surface area contributed by atoms with Crippen LogP contribution in [0.3, 0.4) is 0 Å². The van der Waals surface area contributed by atoms with Gasteiger partial charge >= 0.3 is 0 Å². The first-order valence-corrected chi connectivity index (χ1v) is 6.28. The van der Waals surface area contributed by atoms with E-state index < -0.39 is 0 Å². The standard InChI is InChI=1S/C10H16N4OS/c1-2-3-8-12-9(14-11)4-10(13-8)16-7-5-15-6-7/h4,7H,2-3,5-6,11H2,1H3,(H,12,13,14). The van der Waals surface area contributed by atoms with Crippen LogP contribution >= 0.6 is 11.8 Å². The number of rotatable bonds is 5. The summed E-state index contributed by atoms with van der Waals surface area (Å²) < 4.78 is 5.14. The van der Waals surface area contributed by atoms with E-state index in [1.165, 1.54) is 0 Å². The highest BCUT2D eigenvalue weighted by atomic mass is 32.2. The molecule has 3 N–H and O–H groups in total. The van der Waals surface area contributed by atoms with Gasteiger partial charge in [-0.3, -0.25) is 0 Å². The highest BCUT2D eigenvalue weighted by molar-refractivity contribution is 8.00. The van der Waals surface area contributed by atoms with E-state index in [1.807, 2.05) is 6.07 Å². The Morgan fingerprint density at radius 1 is 1.56 bits per heavy atom. The molecule has 0 amide bonds. The van der Waals surface area contributed by atoms with E-state index in [0.717, 1.165) is 36.9 Å². The quantitative estimate of drug-likeness (QED) is 0.458. The van der Waals surface area contributed by atoms with Gasteiger partial charge in [0, 0.05) is 12.5 Å². The topological polar surface area (TPSA) is 73.1 Å². The molecule has 0 atom stereocenters. The van der Waals surface area contributed by atoms with Gasteiger partial charge < -0.3 is 10.2 Å². The predicted octanol–water partition coefficient (Wildman–Crippen LogP) is 1.21. The molecule has 2 heterocycles. The summed E-state index contributed by atoms with van der Waals surface area (Å²) in [5, 5.41) is 1.50. The number of nitrogen functional groups attached to an aromatic ring is 1. The third-order valence-corrected chi connectivity index (χ3v) is 3.32. The number of anilines is 1. The summed E-state index contributed by atoms with van der Waals surface area (Å²) in [5.41, 5.74) is 2.58. The highest BCUT2D eigenvalue weighted by Crippen LogP contribution is 2.27. The molecule has 16 heavy (non-hydrogen) atoms. The zero-order valence-corrected chi connectivity index (χ0v) is 10.1. The van der Waals surface area contributed by atoms with Crippen LogP contribution in [0.4, 0.5) is 5.82 Å². The smallest absolute Gasteiger partial charge is 0.144 e. The van der Waals surface area contributed by atoms with Crippen LogP contribution in [-0.2, 0) is 11.2 Å². The maximum atomic E-state index is 5.39. The van der Waals surface area contributed by atoms with Crippen LogP contribution in [-0.4, -0.2) is 28.4 Å². The Labute approximate surface area is 99.2 Å². The molecule has 88 valence electrons. The summed E-state index contributed by atoms with van der Waals surface area (Å²) in [6.07, 6.45) is 1.91. The van der Waals surface area contributed by atoms with Gasteiger partial charge in [-0.25, -0.2) is 15.8 Å². The second-order valence-electron chi connectivity index (χ2n) is 3.68. The average molecular weight is 240 g/mol. The molecule has 2 rings (SSSR count). The van der Waals surface area contributed by atoms with Crippen LogP contribution in [0.5, 0.6) is 0 Å². The van der Waals surface area contributed by atoms with Crippen molar-refractivity contribution in [2.75, 3.05) is 18.6 Å². The van der Waals surface area contributed by atoms with Crippen LogP contribution in [0.15, 0.2) is 11.1 Å². The minimum atomic E-state index is 0.523. The lowest BCUT2D eigenvalue weighted by atomic mass is 10.3. The van der Waals surface area contributed by atoms with Crippen LogP contribution in [0.2, 0.25) is 0 Å². The molecule has 0 spiro atoms. The van der Waals surface area contributed by atoms with Gasteiger partial charge in [0.15, 0.2) is 0 Å². The van der Waals surface area contributed by atoms with Crippen molar-refractivity contribution in [1.82, 2.24) is 9.97 Å². The number of hydrazine groups is 1. The summed E-state index contributed by atoms with van der Waals surface area (Å²) in [7, 11) is 0. The van der Waals surface area contributed by atoms with E-state index in [-0.39, 0.29) is 0 Å². The summed E-state index contributed by atoms with van der Waals surface area (Å²) in [6.45, 7) is 3.73. The fraction of sp³-hybridized carbons (Fsp3) is 0.600. The van der Waals surface area contributed by atoms with Crippen molar-refractivity contribution in [2.24, 2.45) is 5.84 Å². The number of aromatic nitrogens is 2. The van der Waals surface area contributed by atoms with Gasteiger partial charge in [0.1, 0.15) is 16.7 Å². The molecule has 0 unspecified atom stereocenters. The Bertz CT molecular complexity index is 357. The molecule has 1 fully saturated rings. The van der Waals surface area contributed by atoms with Crippen LogP contribution in [0.1, 0.15) is 19.2 Å². The zero-order chi connectivity index (χ0) is 11.4. The van der Waals surface area contributed by atoms with E-state index >= 15 is 0 Å². The van der Waals surface area contributed by atoms with Crippen molar-refractivity contribution >= 4 is 17.6 Å². The summed E-state index contributed by atoms with van der Waals surface area (Å²) in [6, 6.07) is 1.88. The summed E-state index contributed by atoms with van der Waals surface area (Å²) in [4.78, 5) is 8.79. The molecule has 0 bridgehead atoms. The first kappa shape index (κ1) is 11.6. The van der Waals surface area contributed by atoms with Crippen molar-refractivity contribution in [1.29, 1.82) is 0 Å². The highest BCUT2D eigenvalue weighted by Gasteiger charge is 2.20. The van der Waals surface area contributed by atoms with Crippen LogP contribution in [0, 0.1) is 0 Å². The van der Waals surface area contributed by atoms with Gasteiger partial charge in [-0.15, -0.1) is 0 Å². The minimum Gasteiger partial charge on any atom is -0.379 e. The fourth-order valence-corrected chi connectivity index (χ4v) is 2.40. The summed E-state index contributed by atoms with van der Waals surface area (Å²) in [5.74, 6) is 6.92. The predicted molar refractivity (Wildman–Crippen MR) is 64.3 cm³/mol. The Balaban J connectivity index is 2.11. The number of ether oxygens (including phenoxy) is 1. The normalized spacial score (nSPS) is 15.9. The SMILES string of the molecule is CCCc1nc(NN)cc(SC2COC2)n1. The number of nitrogens with one attached hydrogen (secondary N) is 1. The van der Waals surface area contributed by atoms with E-state index in [4.69, 9.17) is 10.6 Å². The molecule has 1 aromatic rings. The van der Waals surface area contributed by atoms with E-state index in [1.54, 1.807) is 11.8 Å². The van der Waals surface area contributed by atoms with Crippen molar-refractivity contribution in [3.8, 4) is 0 Å². The first-order chi connectivity index (χ1) is 7.81. The number of hydrogen-bond donors (Lipinski definition) is 2. The largest absolute Gasteiger partial charge is 0.379 e. The maximum Gasteiger partial charge on any atom is 0.144 e. The van der Waals surface area contributed by atoms with E-state index in [9.17, 15) is 0 Å². The Kier molecular flexibility index (Phi) is 3.98. The Morgan fingerprint density at radius 3 is 2.94 bits per heavy atom. The van der Waals surface area contributed by atoms with Gasteiger partial charge in [0.2, 0.25) is 0 Å². The van der Waals surface area contributed by atoms with Gasteiger partial charge in [-0.05, 0) is 6.42 Å². The third-order valence-electron chi connectivity index (χ3n) is 2.27. The van der Waals surface area contributed by atoms with Gasteiger partial charge in [-0.1, -0.05) is 18.7 Å². The molecule has 5 nitrogen and oxygen atoms in total. The molecule has 1 saturated heterocycles. The molecular formula is C10H16N4OS. The third kappa shape index (κ3) is 2.84. The van der Waals surface area contributed by atoms with Crippen LogP contribution in [0.25, 0.3) is 0 Å². The number of nitrogens with two attached hydrogens (primary N) is 1. The molecular weight excluding hydrogens is 224 g/mol. The van der Waals surface area contributed by atoms with Gasteiger partial charge in [0.05, 0.1) is 18.5 Å². The lowest BCUT2D eigenvalue weighted by Crippen LogP contribution is -2.30. The molecule has 1 aromatic heterocycles. The molecule has 0 aliphatic carbocycles. The number of aryl methyl sites for hydroxylation is 1. The molecule has 0 saturated carbocycles. The van der Waals surface area contributed by atoms with E-state index in [0.29, 0.717) is 11.1 Å². The lowest BCUT2D eigenvalue weighted by molar-refractivity contribution is 0.0454. The summed E-state index contributed by atoms with van der Waals surface area (Å²) >= 11 is 1.73. The number of hydrogen-bond acceptors (Lipinski definition) is 6. The van der Waals surface area contributed by atoms with Crippen molar-refractivity contribution in [3.05, 3.63) is 11.9 Å². The average Bonchev–Trinajstić information content (AvgIpc) is 2.24. The maximum absolute atomic E-state index is 5.39. The minimum absolute atomic E-state index is 0.523. The number of nitrogens with zero attached hydrogens (tertiary/aromatic N) is 2. The monoisotopic (exact) mass is 240 g/mol. The number of thioether (sulfide) groups is 1. The second-order valence-corrected chi connectivity index (χ2v) is 5.00. The lowest BCUT2D eigenvalue weighted by Gasteiger charge is -2.24.